The molecule has 0 amide bonds. The van der Waals surface area contributed by atoms with Crippen molar-refractivity contribution in [3.05, 3.63) is 88.0 Å². The fourth-order valence-electron chi connectivity index (χ4n) is 2.07. The quantitative estimate of drug-likeness (QED) is 0.371. The Morgan fingerprint density at radius 3 is 1.13 bits per heavy atom. The normalized spacial score (nSPS) is 10.0. The van der Waals surface area contributed by atoms with E-state index in [1.807, 2.05) is 0 Å². The lowest BCUT2D eigenvalue weighted by molar-refractivity contribution is -0.422. The van der Waals surface area contributed by atoms with Gasteiger partial charge in [-0.1, -0.05) is 0 Å². The smallest absolute Gasteiger partial charge is 0.258 e. The van der Waals surface area contributed by atoms with Crippen LogP contribution in [0.4, 0.5) is 22.7 Å². The van der Waals surface area contributed by atoms with Crippen molar-refractivity contribution in [1.29, 1.82) is 0 Å². The van der Waals surface area contributed by atoms with Crippen LogP contribution in [-0.2, 0) is 9.78 Å². The zero-order valence-electron chi connectivity index (χ0n) is 14.2. The number of nitro benzene ring substituents is 4. The van der Waals surface area contributed by atoms with Gasteiger partial charge in [0.2, 0.25) is 0 Å². The molecule has 16 nitrogen and oxygen atoms in total. The average molecular weight is 422 g/mol. The van der Waals surface area contributed by atoms with Crippen LogP contribution in [0.25, 0.3) is 0 Å². The van der Waals surface area contributed by atoms with Crippen LogP contribution in [0, 0.1) is 40.5 Å². The van der Waals surface area contributed by atoms with Gasteiger partial charge in [-0.3, -0.25) is 40.5 Å². The topological polar surface area (TPSA) is 225 Å². The Bertz CT molecular complexity index is 1020. The number of benzene rings is 2. The first kappa shape index (κ1) is 21.3. The van der Waals surface area contributed by atoms with Gasteiger partial charge in [-0.2, -0.15) is 0 Å². The lowest BCUT2D eigenvalue weighted by Gasteiger charge is -2.04. The maximum Gasteiger partial charge on any atom is 0.386 e. The highest BCUT2D eigenvalue weighted by atomic mass is 17.2. The van der Waals surface area contributed by atoms with Gasteiger partial charge >= 0.3 is 34.7 Å². The molecule has 0 saturated carbocycles. The Kier molecular flexibility index (Phi) is 5.91. The van der Waals surface area contributed by atoms with Crippen molar-refractivity contribution in [1.82, 2.24) is 0 Å². The monoisotopic (exact) mass is 422 g/mol. The largest absolute Gasteiger partial charge is 0.386 e. The molecule has 0 saturated heterocycles. The molecule has 0 aliphatic rings. The van der Waals surface area contributed by atoms with Crippen molar-refractivity contribution in [2.75, 3.05) is 0 Å². The molecule has 2 rings (SSSR count). The van der Waals surface area contributed by atoms with E-state index in [0.717, 1.165) is 12.1 Å². The van der Waals surface area contributed by atoms with Crippen LogP contribution >= 0.6 is 0 Å². The minimum atomic E-state index is -1.45. The van der Waals surface area contributed by atoms with E-state index < -0.39 is 65.5 Å². The molecule has 154 valence electrons. The number of rotatable bonds is 6. The third-order valence-electron chi connectivity index (χ3n) is 3.40. The van der Waals surface area contributed by atoms with Crippen LogP contribution in [0.1, 0.15) is 20.7 Å². The van der Waals surface area contributed by atoms with Crippen molar-refractivity contribution in [2.45, 2.75) is 0 Å². The van der Waals surface area contributed by atoms with Crippen molar-refractivity contribution < 1.29 is 39.1 Å². The summed E-state index contributed by atoms with van der Waals surface area (Å²) in [4.78, 5) is 71.0. The summed E-state index contributed by atoms with van der Waals surface area (Å²) in [5.74, 6) is -2.89. The van der Waals surface area contributed by atoms with E-state index in [2.05, 4.69) is 9.78 Å². The van der Waals surface area contributed by atoms with Crippen molar-refractivity contribution in [2.24, 2.45) is 0 Å². The first-order valence-electron chi connectivity index (χ1n) is 7.31. The lowest BCUT2D eigenvalue weighted by atomic mass is 10.2. The van der Waals surface area contributed by atoms with Crippen molar-refractivity contribution in [3.8, 4) is 0 Å². The minimum Gasteiger partial charge on any atom is -0.258 e. The maximum absolute atomic E-state index is 11.9. The van der Waals surface area contributed by atoms with Gasteiger partial charge in [0.1, 0.15) is 0 Å². The van der Waals surface area contributed by atoms with E-state index in [9.17, 15) is 50.0 Å². The van der Waals surface area contributed by atoms with Crippen LogP contribution < -0.4 is 0 Å². The van der Waals surface area contributed by atoms with E-state index >= 15 is 0 Å². The van der Waals surface area contributed by atoms with E-state index in [1.54, 1.807) is 0 Å². The van der Waals surface area contributed by atoms with Crippen LogP contribution in [0.15, 0.2) is 36.4 Å². The Hall–Kier alpha value is -5.02. The van der Waals surface area contributed by atoms with Gasteiger partial charge in [-0.15, -0.1) is 0 Å². The van der Waals surface area contributed by atoms with Gasteiger partial charge < -0.3 is 0 Å². The van der Waals surface area contributed by atoms with Crippen molar-refractivity contribution >= 4 is 34.7 Å². The van der Waals surface area contributed by atoms with Crippen LogP contribution in [0.5, 0.6) is 0 Å². The second-order valence-corrected chi connectivity index (χ2v) is 5.18. The zero-order chi connectivity index (χ0) is 22.6. The van der Waals surface area contributed by atoms with E-state index in [4.69, 9.17) is 0 Å². The summed E-state index contributed by atoms with van der Waals surface area (Å²) < 4.78 is 0. The summed E-state index contributed by atoms with van der Waals surface area (Å²) in [6.07, 6.45) is 0. The molecule has 2 aromatic carbocycles. The van der Waals surface area contributed by atoms with Gasteiger partial charge in [0.15, 0.2) is 0 Å². The van der Waals surface area contributed by atoms with Gasteiger partial charge in [0.25, 0.3) is 0 Å². The molecule has 0 N–H and O–H groups in total. The standard InChI is InChI=1S/C14H6N4O12/c19-13(7-1-3-9(15(21)22)11(5-7)17(25)26)29-30-14(20)8-2-4-10(16(23)24)12(6-8)18(27)28/h1-6H. The predicted molar refractivity (Wildman–Crippen MR) is 90.3 cm³/mol. The van der Waals surface area contributed by atoms with Crippen LogP contribution in [0.3, 0.4) is 0 Å². The second kappa shape index (κ2) is 8.33. The number of carbonyl (C=O) groups excluding carboxylic acids is 2. The number of nitrogens with zero attached hydrogens (tertiary/aromatic N) is 4. The fourth-order valence-corrected chi connectivity index (χ4v) is 2.07. The summed E-state index contributed by atoms with van der Waals surface area (Å²) in [6, 6.07) is 3.97. The van der Waals surface area contributed by atoms with Gasteiger partial charge in [-0.05, 0) is 12.1 Å². The Labute approximate surface area is 162 Å². The zero-order valence-corrected chi connectivity index (χ0v) is 14.2. The highest BCUT2D eigenvalue weighted by Gasteiger charge is 2.28. The molecule has 0 aromatic heterocycles. The molecule has 0 spiro atoms. The molecule has 0 radical (unpaired) electrons. The summed E-state index contributed by atoms with van der Waals surface area (Å²) in [7, 11) is 0. The molecule has 0 heterocycles. The summed E-state index contributed by atoms with van der Waals surface area (Å²) >= 11 is 0. The third kappa shape index (κ3) is 4.44. The number of carbonyl (C=O) groups is 2. The highest BCUT2D eigenvalue weighted by Crippen LogP contribution is 2.29. The summed E-state index contributed by atoms with van der Waals surface area (Å²) in [6.45, 7) is 0. The highest BCUT2D eigenvalue weighted by molar-refractivity contribution is 5.93. The predicted octanol–water partition coefficient (Wildman–Crippen LogP) is 2.25. The van der Waals surface area contributed by atoms with Gasteiger partial charge in [0, 0.05) is 24.3 Å². The number of nitro groups is 4. The molecule has 0 bridgehead atoms. The summed E-state index contributed by atoms with van der Waals surface area (Å²) in [5, 5.41) is 43.2. The molecule has 0 fully saturated rings. The molecular weight excluding hydrogens is 416 g/mol. The SMILES string of the molecule is O=C(OOC(=O)c1ccc([N+](=O)[O-])c([N+](=O)[O-])c1)c1ccc([N+](=O)[O-])c([N+](=O)[O-])c1. The molecule has 2 aromatic rings. The molecule has 0 aliphatic carbocycles. The maximum atomic E-state index is 11.9. The number of hydrogen-bond acceptors (Lipinski definition) is 12. The van der Waals surface area contributed by atoms with E-state index in [-0.39, 0.29) is 0 Å². The lowest BCUT2D eigenvalue weighted by Crippen LogP contribution is -2.12. The molecular formula is C14H6N4O12. The Balaban J connectivity index is 2.19. The van der Waals surface area contributed by atoms with Crippen LogP contribution in [-0.4, -0.2) is 31.6 Å². The van der Waals surface area contributed by atoms with Gasteiger partial charge in [-0.25, -0.2) is 19.4 Å². The first-order chi connectivity index (χ1) is 14.0. The van der Waals surface area contributed by atoms with Crippen LogP contribution in [0.2, 0.25) is 0 Å². The van der Waals surface area contributed by atoms with Crippen molar-refractivity contribution in [3.63, 3.8) is 0 Å². The number of hydrogen-bond donors (Lipinski definition) is 0. The van der Waals surface area contributed by atoms with Gasteiger partial charge in [0.05, 0.1) is 30.8 Å². The molecule has 30 heavy (non-hydrogen) atoms. The second-order valence-electron chi connectivity index (χ2n) is 5.18. The minimum absolute atomic E-state index is 0.519. The Morgan fingerprint density at radius 2 is 0.867 bits per heavy atom. The molecule has 0 unspecified atom stereocenters. The molecule has 0 atom stereocenters. The summed E-state index contributed by atoms with van der Waals surface area (Å²) in [5.41, 5.74) is -4.98. The first-order valence-corrected chi connectivity index (χ1v) is 7.31. The molecule has 0 aliphatic heterocycles. The molecule has 16 heteroatoms. The Morgan fingerprint density at radius 1 is 0.567 bits per heavy atom. The average Bonchev–Trinajstić information content (AvgIpc) is 2.70. The fraction of sp³-hybridized carbons (Fsp3) is 0. The third-order valence-corrected chi connectivity index (χ3v) is 3.40. The van der Waals surface area contributed by atoms with E-state index in [0.29, 0.717) is 24.3 Å². The van der Waals surface area contributed by atoms with E-state index in [1.165, 1.54) is 0 Å².